The predicted molar refractivity (Wildman–Crippen MR) is 67.1 cm³/mol. The van der Waals surface area contributed by atoms with Gasteiger partial charge in [0.2, 0.25) is 0 Å². The molecule has 0 amide bonds. The quantitative estimate of drug-likeness (QED) is 0.650. The Morgan fingerprint density at radius 3 is 2.44 bits per heavy atom. The van der Waals surface area contributed by atoms with Crippen molar-refractivity contribution in [2.24, 2.45) is 5.73 Å². The first kappa shape index (κ1) is 13.2. The highest BCUT2D eigenvalue weighted by Crippen LogP contribution is 2.05. The molecule has 0 bridgehead atoms. The van der Waals surface area contributed by atoms with Gasteiger partial charge in [0.1, 0.15) is 0 Å². The molecule has 1 aromatic carbocycles. The molecular formula is C13H22N2O. The van der Waals surface area contributed by atoms with Crippen molar-refractivity contribution >= 4 is 0 Å². The molecule has 1 aromatic rings. The molecule has 3 heteroatoms. The van der Waals surface area contributed by atoms with Gasteiger partial charge in [-0.1, -0.05) is 30.3 Å². The number of benzene rings is 1. The van der Waals surface area contributed by atoms with Crippen molar-refractivity contribution in [3.05, 3.63) is 35.9 Å². The van der Waals surface area contributed by atoms with E-state index in [1.54, 1.807) is 0 Å². The molecule has 0 unspecified atom stereocenters. The highest BCUT2D eigenvalue weighted by atomic mass is 16.2. The summed E-state index contributed by atoms with van der Waals surface area (Å²) in [7, 11) is 0. The Labute approximate surface area is 97.9 Å². The van der Waals surface area contributed by atoms with Crippen LogP contribution in [0.3, 0.4) is 0 Å². The fraction of sp³-hybridized carbons (Fsp3) is 0.538. The minimum Gasteiger partial charge on any atom is -0.396 e. The summed E-state index contributed by atoms with van der Waals surface area (Å²) in [5.74, 6) is 0. The van der Waals surface area contributed by atoms with Crippen LogP contribution in [0.4, 0.5) is 0 Å². The first-order valence-corrected chi connectivity index (χ1v) is 5.94. The molecule has 0 atom stereocenters. The van der Waals surface area contributed by atoms with Crippen molar-refractivity contribution in [3.8, 4) is 0 Å². The Kier molecular flexibility index (Phi) is 6.81. The van der Waals surface area contributed by atoms with Crippen LogP contribution in [0.1, 0.15) is 18.4 Å². The third-order valence-corrected chi connectivity index (χ3v) is 2.58. The first-order valence-electron chi connectivity index (χ1n) is 5.94. The van der Waals surface area contributed by atoms with Crippen molar-refractivity contribution in [2.75, 3.05) is 26.2 Å². The third-order valence-electron chi connectivity index (χ3n) is 2.58. The van der Waals surface area contributed by atoms with Crippen molar-refractivity contribution < 1.29 is 5.11 Å². The molecule has 0 fully saturated rings. The smallest absolute Gasteiger partial charge is 0.0431 e. The van der Waals surface area contributed by atoms with Gasteiger partial charge < -0.3 is 10.8 Å². The van der Waals surface area contributed by atoms with E-state index in [4.69, 9.17) is 10.8 Å². The van der Waals surface area contributed by atoms with E-state index in [2.05, 4.69) is 29.2 Å². The topological polar surface area (TPSA) is 49.5 Å². The number of nitrogens with two attached hydrogens (primary N) is 1. The minimum absolute atomic E-state index is 0.280. The molecular weight excluding hydrogens is 200 g/mol. The van der Waals surface area contributed by atoms with Crippen molar-refractivity contribution in [2.45, 2.75) is 19.4 Å². The van der Waals surface area contributed by atoms with Gasteiger partial charge in [-0.05, 0) is 24.9 Å². The van der Waals surface area contributed by atoms with E-state index in [1.807, 2.05) is 6.07 Å². The van der Waals surface area contributed by atoms with Crippen LogP contribution >= 0.6 is 0 Å². The number of hydrogen-bond acceptors (Lipinski definition) is 3. The fourth-order valence-electron chi connectivity index (χ4n) is 1.74. The third kappa shape index (κ3) is 5.26. The van der Waals surface area contributed by atoms with Gasteiger partial charge >= 0.3 is 0 Å². The van der Waals surface area contributed by atoms with E-state index in [1.165, 1.54) is 5.56 Å². The second-order valence-electron chi connectivity index (χ2n) is 3.98. The lowest BCUT2D eigenvalue weighted by atomic mass is 10.2. The summed E-state index contributed by atoms with van der Waals surface area (Å²) < 4.78 is 0. The molecule has 16 heavy (non-hydrogen) atoms. The maximum Gasteiger partial charge on any atom is 0.0431 e. The molecule has 3 N–H and O–H groups in total. The molecule has 0 aliphatic carbocycles. The summed E-state index contributed by atoms with van der Waals surface area (Å²) >= 11 is 0. The van der Waals surface area contributed by atoms with E-state index >= 15 is 0 Å². The predicted octanol–water partition coefficient (Wildman–Crippen LogP) is 1.22. The highest BCUT2D eigenvalue weighted by Gasteiger charge is 2.04. The van der Waals surface area contributed by atoms with Crippen molar-refractivity contribution in [3.63, 3.8) is 0 Å². The van der Waals surface area contributed by atoms with Crippen LogP contribution in [0.2, 0.25) is 0 Å². The Morgan fingerprint density at radius 2 is 1.81 bits per heavy atom. The summed E-state index contributed by atoms with van der Waals surface area (Å²) in [6, 6.07) is 10.4. The number of rotatable bonds is 8. The zero-order valence-electron chi connectivity index (χ0n) is 9.81. The van der Waals surface area contributed by atoms with Crippen molar-refractivity contribution in [1.29, 1.82) is 0 Å². The minimum atomic E-state index is 0.280. The lowest BCUT2D eigenvalue weighted by Crippen LogP contribution is -2.30. The molecule has 90 valence electrons. The summed E-state index contributed by atoms with van der Waals surface area (Å²) in [4.78, 5) is 2.34. The van der Waals surface area contributed by atoms with Crippen LogP contribution in [0.15, 0.2) is 30.3 Å². The van der Waals surface area contributed by atoms with Gasteiger partial charge in [-0.15, -0.1) is 0 Å². The molecule has 0 aliphatic heterocycles. The molecule has 0 spiro atoms. The largest absolute Gasteiger partial charge is 0.396 e. The molecule has 0 saturated heterocycles. The lowest BCUT2D eigenvalue weighted by molar-refractivity contribution is 0.240. The number of nitrogens with zero attached hydrogens (tertiary/aromatic N) is 1. The van der Waals surface area contributed by atoms with Gasteiger partial charge in [0.05, 0.1) is 0 Å². The van der Waals surface area contributed by atoms with Gasteiger partial charge in [0.15, 0.2) is 0 Å². The van der Waals surface area contributed by atoms with Gasteiger partial charge in [0.25, 0.3) is 0 Å². The van der Waals surface area contributed by atoms with Crippen LogP contribution in [-0.4, -0.2) is 36.2 Å². The van der Waals surface area contributed by atoms with Crippen LogP contribution < -0.4 is 5.73 Å². The Hall–Kier alpha value is -0.900. The molecule has 3 nitrogen and oxygen atoms in total. The summed E-state index contributed by atoms with van der Waals surface area (Å²) in [5.41, 5.74) is 6.92. The maximum absolute atomic E-state index is 8.76. The summed E-state index contributed by atoms with van der Waals surface area (Å²) in [5, 5.41) is 8.76. The van der Waals surface area contributed by atoms with Gasteiger partial charge in [-0.25, -0.2) is 0 Å². The van der Waals surface area contributed by atoms with E-state index < -0.39 is 0 Å². The number of hydrogen-bond donors (Lipinski definition) is 2. The van der Waals surface area contributed by atoms with Gasteiger partial charge in [-0.2, -0.15) is 0 Å². The average molecular weight is 222 g/mol. The average Bonchev–Trinajstić information content (AvgIpc) is 2.31. The van der Waals surface area contributed by atoms with E-state index in [0.717, 1.165) is 32.5 Å². The molecule has 0 aromatic heterocycles. The van der Waals surface area contributed by atoms with Crippen LogP contribution in [0.5, 0.6) is 0 Å². The van der Waals surface area contributed by atoms with Crippen LogP contribution in [0, 0.1) is 0 Å². The Balaban J connectivity index is 2.38. The monoisotopic (exact) mass is 222 g/mol. The van der Waals surface area contributed by atoms with Crippen LogP contribution in [0.25, 0.3) is 0 Å². The Morgan fingerprint density at radius 1 is 1.06 bits per heavy atom. The van der Waals surface area contributed by atoms with E-state index in [0.29, 0.717) is 6.54 Å². The Bertz CT molecular complexity index is 264. The highest BCUT2D eigenvalue weighted by molar-refractivity contribution is 5.14. The van der Waals surface area contributed by atoms with E-state index in [-0.39, 0.29) is 6.61 Å². The first-order chi connectivity index (χ1) is 7.86. The number of aliphatic hydroxyl groups is 1. The van der Waals surface area contributed by atoms with Crippen LogP contribution in [-0.2, 0) is 6.54 Å². The molecule has 0 saturated carbocycles. The summed E-state index contributed by atoms with van der Waals surface area (Å²) in [6.45, 7) is 3.84. The lowest BCUT2D eigenvalue weighted by Gasteiger charge is -2.21. The maximum atomic E-state index is 8.76. The molecule has 0 aliphatic rings. The standard InChI is InChI=1S/C13H22N2O/c14-8-10-15(9-4-5-11-16)12-13-6-2-1-3-7-13/h1-3,6-7,16H,4-5,8-12,14H2. The molecule has 1 rings (SSSR count). The number of unbranched alkanes of at least 4 members (excludes halogenated alkanes) is 1. The second-order valence-corrected chi connectivity index (χ2v) is 3.98. The van der Waals surface area contributed by atoms with Crippen molar-refractivity contribution in [1.82, 2.24) is 4.90 Å². The van der Waals surface area contributed by atoms with Gasteiger partial charge in [0, 0.05) is 26.2 Å². The summed E-state index contributed by atoms with van der Waals surface area (Å²) in [6.07, 6.45) is 1.90. The zero-order chi connectivity index (χ0) is 11.6. The fourth-order valence-corrected chi connectivity index (χ4v) is 1.74. The molecule has 0 radical (unpaired) electrons. The van der Waals surface area contributed by atoms with E-state index in [9.17, 15) is 0 Å². The van der Waals surface area contributed by atoms with Gasteiger partial charge in [-0.3, -0.25) is 4.90 Å². The SMILES string of the molecule is NCCN(CCCCO)Cc1ccccc1. The number of aliphatic hydroxyl groups excluding tert-OH is 1. The normalized spacial score (nSPS) is 10.9. The zero-order valence-corrected chi connectivity index (χ0v) is 9.81. The second kappa shape index (κ2) is 8.28. The molecule has 0 heterocycles.